The minimum Gasteiger partial charge on any atom is -0.373 e. The molecular formula is C14H26N4S. The van der Waals surface area contributed by atoms with Crippen molar-refractivity contribution < 1.29 is 0 Å². The Morgan fingerprint density at radius 2 is 1.89 bits per heavy atom. The van der Waals surface area contributed by atoms with E-state index in [-0.39, 0.29) is 0 Å². The highest BCUT2D eigenvalue weighted by molar-refractivity contribution is 7.99. The van der Waals surface area contributed by atoms with E-state index in [1.807, 2.05) is 18.8 Å². The molecule has 0 aliphatic heterocycles. The Morgan fingerprint density at radius 3 is 2.47 bits per heavy atom. The van der Waals surface area contributed by atoms with E-state index >= 15 is 0 Å². The smallest absolute Gasteiger partial charge is 0.135 e. The van der Waals surface area contributed by atoms with Gasteiger partial charge in [-0.3, -0.25) is 0 Å². The van der Waals surface area contributed by atoms with E-state index in [0.29, 0.717) is 12.0 Å². The first-order valence-electron chi connectivity index (χ1n) is 6.97. The molecule has 4 nitrogen and oxygen atoms in total. The topological polar surface area (TPSA) is 49.8 Å². The number of hydrogen-bond donors (Lipinski definition) is 2. The Labute approximate surface area is 121 Å². The van der Waals surface area contributed by atoms with Crippen LogP contribution in [0, 0.1) is 0 Å². The van der Waals surface area contributed by atoms with Crippen LogP contribution in [0.1, 0.15) is 45.6 Å². The molecule has 19 heavy (non-hydrogen) atoms. The van der Waals surface area contributed by atoms with Crippen molar-refractivity contribution in [3.05, 3.63) is 11.9 Å². The molecule has 0 aliphatic rings. The second-order valence-electron chi connectivity index (χ2n) is 4.92. The van der Waals surface area contributed by atoms with Gasteiger partial charge in [-0.1, -0.05) is 20.8 Å². The van der Waals surface area contributed by atoms with Gasteiger partial charge in [0.2, 0.25) is 0 Å². The van der Waals surface area contributed by atoms with Crippen LogP contribution in [0.5, 0.6) is 0 Å². The monoisotopic (exact) mass is 282 g/mol. The Hall–Kier alpha value is -0.970. The zero-order valence-corrected chi connectivity index (χ0v) is 13.5. The summed E-state index contributed by atoms with van der Waals surface area (Å²) in [5, 5.41) is 6.67. The van der Waals surface area contributed by atoms with Gasteiger partial charge in [0.15, 0.2) is 0 Å². The Balaban J connectivity index is 2.76. The Morgan fingerprint density at radius 1 is 1.21 bits per heavy atom. The molecule has 2 N–H and O–H groups in total. The van der Waals surface area contributed by atoms with E-state index in [0.717, 1.165) is 18.1 Å². The normalized spacial score (nSPS) is 12.5. The van der Waals surface area contributed by atoms with Gasteiger partial charge in [0, 0.05) is 18.7 Å². The molecule has 0 aromatic carbocycles. The predicted molar refractivity (Wildman–Crippen MR) is 86.4 cm³/mol. The van der Waals surface area contributed by atoms with Crippen LogP contribution >= 0.6 is 11.8 Å². The lowest BCUT2D eigenvalue weighted by Gasteiger charge is -2.20. The molecule has 1 heterocycles. The van der Waals surface area contributed by atoms with Crippen LogP contribution in [0.25, 0.3) is 0 Å². The van der Waals surface area contributed by atoms with Crippen molar-refractivity contribution in [3.8, 4) is 0 Å². The maximum absolute atomic E-state index is 4.41. The second-order valence-corrected chi connectivity index (χ2v) is 6.31. The van der Waals surface area contributed by atoms with E-state index < -0.39 is 0 Å². The maximum atomic E-state index is 4.41. The zero-order chi connectivity index (χ0) is 14.3. The summed E-state index contributed by atoms with van der Waals surface area (Å²) in [6.07, 6.45) is 2.77. The van der Waals surface area contributed by atoms with Gasteiger partial charge in [0.1, 0.15) is 18.0 Å². The molecule has 0 radical (unpaired) electrons. The predicted octanol–water partition coefficient (Wildman–Crippen LogP) is 3.59. The van der Waals surface area contributed by atoms with E-state index in [4.69, 9.17) is 0 Å². The summed E-state index contributed by atoms with van der Waals surface area (Å²) in [5.74, 6) is 4.64. The average Bonchev–Trinajstić information content (AvgIpc) is 2.38. The molecule has 0 fully saturated rings. The highest BCUT2D eigenvalue weighted by atomic mass is 32.2. The molecule has 0 saturated heterocycles. The van der Waals surface area contributed by atoms with Gasteiger partial charge in [0.05, 0.1) is 0 Å². The summed E-state index contributed by atoms with van der Waals surface area (Å²) >= 11 is 1.98. The lowest BCUT2D eigenvalue weighted by Crippen LogP contribution is -2.19. The van der Waals surface area contributed by atoms with Crippen LogP contribution in [0.4, 0.5) is 11.6 Å². The summed E-state index contributed by atoms with van der Waals surface area (Å²) in [6.45, 7) is 8.75. The van der Waals surface area contributed by atoms with E-state index in [9.17, 15) is 0 Å². The molecule has 0 aliphatic carbocycles. The first-order chi connectivity index (χ1) is 9.10. The first-order valence-corrected chi connectivity index (χ1v) is 8.12. The van der Waals surface area contributed by atoms with Crippen LogP contribution in [0.15, 0.2) is 6.33 Å². The fourth-order valence-electron chi connectivity index (χ4n) is 1.97. The fourth-order valence-corrected chi connectivity index (χ4v) is 2.78. The molecule has 0 spiro atoms. The third-order valence-electron chi connectivity index (χ3n) is 2.98. The number of anilines is 2. The maximum Gasteiger partial charge on any atom is 0.135 e. The number of aromatic nitrogens is 2. The molecule has 1 rings (SSSR count). The van der Waals surface area contributed by atoms with Crippen LogP contribution in [-0.4, -0.2) is 34.6 Å². The molecule has 108 valence electrons. The number of rotatable bonds is 8. The molecule has 0 saturated carbocycles. The van der Waals surface area contributed by atoms with Crippen LogP contribution in [0.3, 0.4) is 0 Å². The van der Waals surface area contributed by atoms with Crippen molar-refractivity contribution >= 4 is 23.4 Å². The van der Waals surface area contributed by atoms with Crippen molar-refractivity contribution in [2.45, 2.75) is 46.1 Å². The number of thioether (sulfide) groups is 1. The molecule has 5 heteroatoms. The van der Waals surface area contributed by atoms with E-state index in [2.05, 4.69) is 48.3 Å². The zero-order valence-electron chi connectivity index (χ0n) is 12.7. The van der Waals surface area contributed by atoms with Crippen molar-refractivity contribution in [1.29, 1.82) is 0 Å². The van der Waals surface area contributed by atoms with Gasteiger partial charge in [-0.05, 0) is 30.8 Å². The molecular weight excluding hydrogens is 256 g/mol. The van der Waals surface area contributed by atoms with Gasteiger partial charge in [-0.15, -0.1) is 0 Å². The first kappa shape index (κ1) is 16.1. The molecule has 1 aromatic heterocycles. The lowest BCUT2D eigenvalue weighted by atomic mass is 10.0. The molecule has 0 bridgehead atoms. The van der Waals surface area contributed by atoms with Gasteiger partial charge in [-0.2, -0.15) is 11.8 Å². The molecule has 1 unspecified atom stereocenters. The standard InChI is InChI=1S/C14H26N4S/c1-6-19-8-7-11(4)18-14-12(10(2)3)13(15-5)16-9-17-14/h9-11H,6-8H2,1-5H3,(H2,15,16,17,18). The van der Waals surface area contributed by atoms with Crippen molar-refractivity contribution in [2.75, 3.05) is 29.2 Å². The quantitative estimate of drug-likeness (QED) is 0.714. The molecule has 1 atom stereocenters. The number of nitrogens with zero attached hydrogens (tertiary/aromatic N) is 2. The van der Waals surface area contributed by atoms with Crippen LogP contribution in [0.2, 0.25) is 0 Å². The minimum absolute atomic E-state index is 0.392. The SMILES string of the molecule is CCSCCC(C)Nc1ncnc(NC)c1C(C)C. The van der Waals surface area contributed by atoms with Crippen molar-refractivity contribution in [3.63, 3.8) is 0 Å². The van der Waals surface area contributed by atoms with Crippen LogP contribution < -0.4 is 10.6 Å². The van der Waals surface area contributed by atoms with Gasteiger partial charge >= 0.3 is 0 Å². The van der Waals surface area contributed by atoms with Gasteiger partial charge < -0.3 is 10.6 Å². The fraction of sp³-hybridized carbons (Fsp3) is 0.714. The summed E-state index contributed by atoms with van der Waals surface area (Å²) in [6, 6.07) is 0.427. The minimum atomic E-state index is 0.392. The molecule has 1 aromatic rings. The highest BCUT2D eigenvalue weighted by Gasteiger charge is 2.15. The highest BCUT2D eigenvalue weighted by Crippen LogP contribution is 2.28. The van der Waals surface area contributed by atoms with Crippen molar-refractivity contribution in [2.24, 2.45) is 0 Å². The van der Waals surface area contributed by atoms with Crippen molar-refractivity contribution in [1.82, 2.24) is 9.97 Å². The van der Waals surface area contributed by atoms with E-state index in [1.165, 1.54) is 17.1 Å². The Kier molecular flexibility index (Phi) is 6.99. The third-order valence-corrected chi connectivity index (χ3v) is 3.91. The summed E-state index contributed by atoms with van der Waals surface area (Å²) in [5.41, 5.74) is 1.17. The average molecular weight is 282 g/mol. The van der Waals surface area contributed by atoms with E-state index in [1.54, 1.807) is 6.33 Å². The Bertz CT molecular complexity index is 382. The second kappa shape index (κ2) is 8.25. The summed E-state index contributed by atoms with van der Waals surface area (Å²) in [4.78, 5) is 8.70. The third kappa shape index (κ3) is 4.90. The summed E-state index contributed by atoms with van der Waals surface area (Å²) < 4.78 is 0. The largest absolute Gasteiger partial charge is 0.373 e. The summed E-state index contributed by atoms with van der Waals surface area (Å²) in [7, 11) is 1.90. The molecule has 0 amide bonds. The lowest BCUT2D eigenvalue weighted by molar-refractivity contribution is 0.755. The number of hydrogen-bond acceptors (Lipinski definition) is 5. The van der Waals surface area contributed by atoms with Gasteiger partial charge in [0.25, 0.3) is 0 Å². The van der Waals surface area contributed by atoms with Crippen LogP contribution in [-0.2, 0) is 0 Å². The number of nitrogens with one attached hydrogen (secondary N) is 2. The van der Waals surface area contributed by atoms with Gasteiger partial charge in [-0.25, -0.2) is 9.97 Å².